The summed E-state index contributed by atoms with van der Waals surface area (Å²) >= 11 is 12.3. The van der Waals surface area contributed by atoms with Gasteiger partial charge < -0.3 is 19.9 Å². The van der Waals surface area contributed by atoms with Crippen molar-refractivity contribution >= 4 is 46.8 Å². The molecule has 0 atom stereocenters. The quantitative estimate of drug-likeness (QED) is 0.152. The highest BCUT2D eigenvalue weighted by Gasteiger charge is 2.16. The number of halogens is 2. The zero-order chi connectivity index (χ0) is 27.7. The maximum Gasteiger partial charge on any atom is 0.335 e. The Labute approximate surface area is 230 Å². The maximum absolute atomic E-state index is 12.8. The van der Waals surface area contributed by atoms with Gasteiger partial charge in [0.05, 0.1) is 12.2 Å². The molecular formula is C29H24Cl2N2O5. The third kappa shape index (κ3) is 7.39. The smallest absolute Gasteiger partial charge is 0.335 e. The first-order valence-electron chi connectivity index (χ1n) is 11.5. The molecular weight excluding hydrogens is 527 g/mol. The Bertz CT molecular complexity index is 1440. The van der Waals surface area contributed by atoms with Crippen LogP contribution in [0.1, 0.15) is 34.0 Å². The van der Waals surface area contributed by atoms with Gasteiger partial charge in [-0.25, -0.2) is 4.79 Å². The minimum atomic E-state index is -1.13. The number of anilines is 1. The van der Waals surface area contributed by atoms with Crippen LogP contribution in [-0.4, -0.2) is 23.6 Å². The highest BCUT2D eigenvalue weighted by atomic mass is 35.5. The van der Waals surface area contributed by atoms with Crippen LogP contribution in [0, 0.1) is 11.3 Å². The van der Waals surface area contributed by atoms with E-state index in [0.717, 1.165) is 11.1 Å². The Kier molecular flexibility index (Phi) is 9.94. The number of benzene rings is 3. The van der Waals surface area contributed by atoms with Gasteiger partial charge in [0.2, 0.25) is 0 Å². The lowest BCUT2D eigenvalue weighted by Gasteiger charge is -2.17. The van der Waals surface area contributed by atoms with Gasteiger partial charge in [0.15, 0.2) is 11.5 Å². The zero-order valence-electron chi connectivity index (χ0n) is 20.5. The van der Waals surface area contributed by atoms with E-state index >= 15 is 0 Å². The summed E-state index contributed by atoms with van der Waals surface area (Å²) < 4.78 is 11.9. The molecule has 0 aliphatic heterocycles. The normalized spacial score (nSPS) is 10.8. The first-order chi connectivity index (χ1) is 18.2. The van der Waals surface area contributed by atoms with Crippen molar-refractivity contribution < 1.29 is 24.2 Å². The van der Waals surface area contributed by atoms with E-state index < -0.39 is 11.9 Å². The van der Waals surface area contributed by atoms with E-state index in [1.807, 2.05) is 13.0 Å². The first-order valence-corrected chi connectivity index (χ1v) is 12.2. The van der Waals surface area contributed by atoms with E-state index in [1.54, 1.807) is 36.4 Å². The van der Waals surface area contributed by atoms with Crippen LogP contribution in [0.25, 0.3) is 6.08 Å². The third-order valence-corrected chi connectivity index (χ3v) is 5.84. The van der Waals surface area contributed by atoms with Crippen LogP contribution >= 0.6 is 23.2 Å². The van der Waals surface area contributed by atoms with E-state index in [1.165, 1.54) is 30.3 Å². The lowest BCUT2D eigenvalue weighted by molar-refractivity contribution is -0.112. The Hall–Kier alpha value is -4.25. The third-order valence-electron chi connectivity index (χ3n) is 5.25. The van der Waals surface area contributed by atoms with E-state index in [-0.39, 0.29) is 23.4 Å². The summed E-state index contributed by atoms with van der Waals surface area (Å²) in [5.41, 5.74) is 2.09. The number of carbonyl (C=O) groups excluding carboxylic acids is 1. The minimum Gasteiger partial charge on any atom is -0.490 e. The molecule has 194 valence electrons. The number of rotatable bonds is 11. The number of nitriles is 1. The molecule has 9 heteroatoms. The Morgan fingerprint density at radius 2 is 1.89 bits per heavy atom. The molecule has 3 aromatic rings. The molecule has 0 bridgehead atoms. The molecule has 0 fully saturated rings. The van der Waals surface area contributed by atoms with Gasteiger partial charge in [-0.2, -0.15) is 5.26 Å². The van der Waals surface area contributed by atoms with Gasteiger partial charge in [0, 0.05) is 26.9 Å². The molecule has 0 heterocycles. The summed E-state index contributed by atoms with van der Waals surface area (Å²) in [5.74, 6) is -0.898. The van der Waals surface area contributed by atoms with Crippen LogP contribution in [0.5, 0.6) is 11.5 Å². The average Bonchev–Trinajstić information content (AvgIpc) is 2.88. The van der Waals surface area contributed by atoms with Crippen LogP contribution in [-0.2, 0) is 17.8 Å². The van der Waals surface area contributed by atoms with Gasteiger partial charge >= 0.3 is 5.97 Å². The molecule has 0 aromatic heterocycles. The van der Waals surface area contributed by atoms with Crippen LogP contribution < -0.4 is 14.8 Å². The SMILES string of the molecule is C=CCc1cc(/C=C(/C#N)C(=O)Nc2cccc(C(=O)O)c2)cc(OCC)c1OCc1ccc(Cl)cc1Cl. The summed E-state index contributed by atoms with van der Waals surface area (Å²) in [6.45, 7) is 6.15. The molecule has 3 aromatic carbocycles. The second-order valence-corrected chi connectivity index (χ2v) is 8.81. The van der Waals surface area contributed by atoms with Gasteiger partial charge in [-0.15, -0.1) is 6.58 Å². The molecule has 0 saturated heterocycles. The van der Waals surface area contributed by atoms with Gasteiger partial charge in [0.1, 0.15) is 18.2 Å². The number of nitrogens with one attached hydrogen (secondary N) is 1. The standard InChI is InChI=1S/C29H24Cl2N2O5/c1-3-6-19-11-18(12-22(16-32)28(34)33-24-8-5-7-20(14-24)29(35)36)13-26(37-4-2)27(19)38-17-21-9-10-23(30)15-25(21)31/h3,5,7-15H,1,4,6,17H2,2H3,(H,33,34)(H,35,36)/b22-12-. The fourth-order valence-electron chi connectivity index (χ4n) is 3.53. The van der Waals surface area contributed by atoms with Crippen molar-refractivity contribution in [3.63, 3.8) is 0 Å². The molecule has 0 aliphatic carbocycles. The van der Waals surface area contributed by atoms with Crippen LogP contribution in [0.15, 0.2) is 72.8 Å². The maximum atomic E-state index is 12.8. The highest BCUT2D eigenvalue weighted by molar-refractivity contribution is 6.35. The molecule has 1 amide bonds. The number of allylic oxidation sites excluding steroid dienone is 1. The molecule has 3 rings (SSSR count). The van der Waals surface area contributed by atoms with Crippen LogP contribution in [0.4, 0.5) is 5.69 Å². The number of amides is 1. The number of carboxylic acids is 1. The lowest BCUT2D eigenvalue weighted by Crippen LogP contribution is -2.14. The molecule has 0 unspecified atom stereocenters. The van der Waals surface area contributed by atoms with Crippen LogP contribution in [0.3, 0.4) is 0 Å². The van der Waals surface area contributed by atoms with Gasteiger partial charge in [0.25, 0.3) is 5.91 Å². The fourth-order valence-corrected chi connectivity index (χ4v) is 4.00. The number of hydrogen-bond acceptors (Lipinski definition) is 5. The van der Waals surface area contributed by atoms with E-state index in [2.05, 4.69) is 11.9 Å². The number of aromatic carboxylic acids is 1. The van der Waals surface area contributed by atoms with Crippen molar-refractivity contribution in [2.75, 3.05) is 11.9 Å². The van der Waals surface area contributed by atoms with Gasteiger partial charge in [-0.1, -0.05) is 41.4 Å². The predicted molar refractivity (Wildman–Crippen MR) is 148 cm³/mol. The van der Waals surface area contributed by atoms with Crippen LogP contribution in [0.2, 0.25) is 10.0 Å². The molecule has 0 radical (unpaired) electrons. The van der Waals surface area contributed by atoms with Crippen molar-refractivity contribution in [3.05, 3.63) is 105 Å². The first kappa shape index (κ1) is 28.3. The number of hydrogen-bond donors (Lipinski definition) is 2. The van der Waals surface area contributed by atoms with E-state index in [4.69, 9.17) is 37.8 Å². The van der Waals surface area contributed by atoms with Gasteiger partial charge in [-0.05, 0) is 67.4 Å². The number of carboxylic acid groups (broad SMARTS) is 1. The topological polar surface area (TPSA) is 109 Å². The molecule has 0 spiro atoms. The molecule has 7 nitrogen and oxygen atoms in total. The van der Waals surface area contributed by atoms with Crippen molar-refractivity contribution in [3.8, 4) is 17.6 Å². The molecule has 0 saturated carbocycles. The molecule has 38 heavy (non-hydrogen) atoms. The van der Waals surface area contributed by atoms with Crippen molar-refractivity contribution in [1.29, 1.82) is 5.26 Å². The average molecular weight is 551 g/mol. The summed E-state index contributed by atoms with van der Waals surface area (Å²) in [4.78, 5) is 24.0. The zero-order valence-corrected chi connectivity index (χ0v) is 22.0. The Morgan fingerprint density at radius 3 is 2.55 bits per heavy atom. The number of nitrogens with zero attached hydrogens (tertiary/aromatic N) is 1. The summed E-state index contributed by atoms with van der Waals surface area (Å²) in [7, 11) is 0. The molecule has 0 aliphatic rings. The van der Waals surface area contributed by atoms with E-state index in [9.17, 15) is 14.9 Å². The minimum absolute atomic E-state index is 0.0104. The van der Waals surface area contributed by atoms with E-state index in [0.29, 0.717) is 40.1 Å². The number of carbonyl (C=O) groups is 2. The highest BCUT2D eigenvalue weighted by Crippen LogP contribution is 2.36. The van der Waals surface area contributed by atoms with Crippen molar-refractivity contribution in [1.82, 2.24) is 0 Å². The lowest BCUT2D eigenvalue weighted by atomic mass is 10.0. The van der Waals surface area contributed by atoms with Crippen molar-refractivity contribution in [2.45, 2.75) is 20.0 Å². The summed E-state index contributed by atoms with van der Waals surface area (Å²) in [5, 5.41) is 22.4. The Morgan fingerprint density at radius 1 is 1.11 bits per heavy atom. The summed E-state index contributed by atoms with van der Waals surface area (Å²) in [6.07, 6.45) is 3.56. The monoisotopic (exact) mass is 550 g/mol. The largest absolute Gasteiger partial charge is 0.490 e. The second-order valence-electron chi connectivity index (χ2n) is 7.97. The van der Waals surface area contributed by atoms with Gasteiger partial charge in [-0.3, -0.25) is 4.79 Å². The Balaban J connectivity index is 1.93. The van der Waals surface area contributed by atoms with Crippen molar-refractivity contribution in [2.24, 2.45) is 0 Å². The second kappa shape index (κ2) is 13.3. The number of ether oxygens (including phenoxy) is 2. The fraction of sp³-hybridized carbons (Fsp3) is 0.138. The predicted octanol–water partition coefficient (Wildman–Crippen LogP) is 6.94. The molecule has 2 N–H and O–H groups in total. The summed E-state index contributed by atoms with van der Waals surface area (Å²) in [6, 6.07) is 16.2.